The smallest absolute Gasteiger partial charge is 0.392 e. The standard InChI is InChI=1S/C21H22F3N3O2/c22-21(23,24)16-4-6-20(5-3-12(16)7-20)19(28)27-14-1-2-17(27)15-10-26-9-13(8-25)18(15)29-11-14/h9-10,12,14,16-17H,1-7,11H2/t12?,14-,16?,17+,20?/m1/s1. The number of halogens is 3. The van der Waals surface area contributed by atoms with Crippen molar-refractivity contribution in [2.75, 3.05) is 6.61 Å². The highest BCUT2D eigenvalue weighted by Gasteiger charge is 2.59. The van der Waals surface area contributed by atoms with Gasteiger partial charge in [-0.1, -0.05) is 0 Å². The van der Waals surface area contributed by atoms with Gasteiger partial charge in [0.15, 0.2) is 0 Å². The number of carbonyl (C=O) groups excluding carboxylic acids is 1. The van der Waals surface area contributed by atoms with Gasteiger partial charge >= 0.3 is 6.18 Å². The SMILES string of the molecule is N#Cc1cncc2c1OC[C@H]1CC[C@@H]2N1C(=O)C12CCC(C1)C(C(F)(F)F)CC2. The van der Waals surface area contributed by atoms with Crippen LogP contribution < -0.4 is 4.74 Å². The average molecular weight is 405 g/mol. The molecule has 3 heterocycles. The predicted molar refractivity (Wildman–Crippen MR) is 95.6 cm³/mol. The predicted octanol–water partition coefficient (Wildman–Crippen LogP) is 4.14. The van der Waals surface area contributed by atoms with Crippen LogP contribution in [-0.2, 0) is 4.79 Å². The maximum Gasteiger partial charge on any atom is 0.392 e. The van der Waals surface area contributed by atoms with E-state index in [9.17, 15) is 23.2 Å². The van der Waals surface area contributed by atoms with Crippen LogP contribution in [0.3, 0.4) is 0 Å². The molecule has 5 atom stereocenters. The van der Waals surface area contributed by atoms with Crippen molar-refractivity contribution in [2.45, 2.75) is 63.2 Å². The molecular formula is C21H22F3N3O2. The van der Waals surface area contributed by atoms with Gasteiger partial charge in [0.05, 0.1) is 18.0 Å². The third-order valence-corrected chi connectivity index (χ3v) is 7.58. The number of alkyl halides is 3. The van der Waals surface area contributed by atoms with E-state index in [-0.39, 0.29) is 24.4 Å². The van der Waals surface area contributed by atoms with Crippen molar-refractivity contribution in [3.05, 3.63) is 23.5 Å². The number of carbonyl (C=O) groups is 1. The van der Waals surface area contributed by atoms with E-state index in [2.05, 4.69) is 11.1 Å². The molecule has 5 nitrogen and oxygen atoms in total. The zero-order valence-electron chi connectivity index (χ0n) is 15.9. The van der Waals surface area contributed by atoms with Crippen molar-refractivity contribution in [3.8, 4) is 11.8 Å². The van der Waals surface area contributed by atoms with Crippen molar-refractivity contribution in [2.24, 2.45) is 17.3 Å². The number of aromatic nitrogens is 1. The number of fused-ring (bicyclic) bond motifs is 6. The summed E-state index contributed by atoms with van der Waals surface area (Å²) in [7, 11) is 0. The van der Waals surface area contributed by atoms with Crippen LogP contribution in [0, 0.1) is 28.6 Å². The third-order valence-electron chi connectivity index (χ3n) is 7.58. The minimum Gasteiger partial charge on any atom is -0.490 e. The molecule has 1 saturated heterocycles. The number of hydrogen-bond acceptors (Lipinski definition) is 4. The Bertz CT molecular complexity index is 896. The van der Waals surface area contributed by atoms with Crippen LogP contribution >= 0.6 is 0 Å². The maximum absolute atomic E-state index is 13.8. The lowest BCUT2D eigenvalue weighted by Gasteiger charge is -2.41. The lowest BCUT2D eigenvalue weighted by atomic mass is 9.70. The minimum atomic E-state index is -4.18. The summed E-state index contributed by atoms with van der Waals surface area (Å²) in [4.78, 5) is 19.8. The van der Waals surface area contributed by atoms with Gasteiger partial charge in [-0.25, -0.2) is 0 Å². The van der Waals surface area contributed by atoms with Gasteiger partial charge in [0.25, 0.3) is 0 Å². The molecule has 2 aliphatic carbocycles. The minimum absolute atomic E-state index is 0.0214. The number of rotatable bonds is 1. The van der Waals surface area contributed by atoms with Gasteiger partial charge in [-0.05, 0) is 50.9 Å². The summed E-state index contributed by atoms with van der Waals surface area (Å²) >= 11 is 0. The van der Waals surface area contributed by atoms with Crippen LogP contribution in [0.15, 0.2) is 12.4 Å². The number of amides is 1. The average Bonchev–Trinajstić information content (AvgIpc) is 3.20. The van der Waals surface area contributed by atoms with Crippen molar-refractivity contribution < 1.29 is 22.7 Å². The summed E-state index contributed by atoms with van der Waals surface area (Å²) in [5.74, 6) is -1.26. The van der Waals surface area contributed by atoms with Crippen molar-refractivity contribution in [1.82, 2.24) is 9.88 Å². The normalized spacial score (nSPS) is 35.4. The molecule has 2 aliphatic heterocycles. The lowest BCUT2D eigenvalue weighted by molar-refractivity contribution is -0.199. The molecule has 1 amide bonds. The van der Waals surface area contributed by atoms with Gasteiger partial charge in [0.2, 0.25) is 5.91 Å². The van der Waals surface area contributed by atoms with Gasteiger partial charge in [0, 0.05) is 23.4 Å². The first-order valence-corrected chi connectivity index (χ1v) is 10.2. The molecule has 0 radical (unpaired) electrons. The fourth-order valence-corrected chi connectivity index (χ4v) is 6.19. The van der Waals surface area contributed by atoms with Crippen LogP contribution in [0.1, 0.15) is 62.1 Å². The Balaban J connectivity index is 1.46. The first-order chi connectivity index (χ1) is 13.8. The molecule has 5 rings (SSSR count). The van der Waals surface area contributed by atoms with E-state index < -0.39 is 23.4 Å². The molecule has 8 heteroatoms. The highest BCUT2D eigenvalue weighted by Crippen LogP contribution is 2.59. The molecule has 4 bridgehead atoms. The van der Waals surface area contributed by atoms with Crippen LogP contribution in [0.4, 0.5) is 13.2 Å². The Kier molecular flexibility index (Phi) is 4.10. The number of nitriles is 1. The van der Waals surface area contributed by atoms with Gasteiger partial charge in [-0.3, -0.25) is 9.78 Å². The molecule has 3 fully saturated rings. The van der Waals surface area contributed by atoms with E-state index in [0.717, 1.165) is 18.4 Å². The number of ether oxygens (including phenoxy) is 1. The van der Waals surface area contributed by atoms with E-state index >= 15 is 0 Å². The van der Waals surface area contributed by atoms with Gasteiger partial charge < -0.3 is 9.64 Å². The topological polar surface area (TPSA) is 66.2 Å². The van der Waals surface area contributed by atoms with Crippen LogP contribution in [-0.4, -0.2) is 34.6 Å². The van der Waals surface area contributed by atoms with E-state index in [1.807, 2.05) is 4.90 Å². The third kappa shape index (κ3) is 2.73. The number of hydrogen-bond donors (Lipinski definition) is 0. The molecule has 154 valence electrons. The Morgan fingerprint density at radius 2 is 2.03 bits per heavy atom. The maximum atomic E-state index is 13.8. The second-order valence-electron chi connectivity index (χ2n) is 8.96. The summed E-state index contributed by atoms with van der Waals surface area (Å²) in [6, 6.07) is 1.76. The molecule has 0 N–H and O–H groups in total. The Morgan fingerprint density at radius 1 is 1.24 bits per heavy atom. The second-order valence-corrected chi connectivity index (χ2v) is 8.96. The number of pyridine rings is 1. The van der Waals surface area contributed by atoms with E-state index in [1.165, 1.54) is 6.20 Å². The first kappa shape index (κ1) is 18.7. The molecule has 1 aromatic rings. The zero-order chi connectivity index (χ0) is 20.4. The molecule has 0 aromatic carbocycles. The summed E-state index contributed by atoms with van der Waals surface area (Å²) in [5, 5.41) is 9.37. The van der Waals surface area contributed by atoms with Crippen LogP contribution in [0.2, 0.25) is 0 Å². The quantitative estimate of drug-likeness (QED) is 0.705. The second kappa shape index (κ2) is 6.35. The lowest BCUT2D eigenvalue weighted by Crippen LogP contribution is -2.49. The largest absolute Gasteiger partial charge is 0.490 e. The molecule has 4 aliphatic rings. The number of nitrogens with zero attached hydrogens (tertiary/aromatic N) is 3. The summed E-state index contributed by atoms with van der Waals surface area (Å²) in [6.45, 7) is 0.304. The summed E-state index contributed by atoms with van der Waals surface area (Å²) in [5.41, 5.74) is 0.414. The fourth-order valence-electron chi connectivity index (χ4n) is 6.19. The van der Waals surface area contributed by atoms with Crippen molar-refractivity contribution in [3.63, 3.8) is 0 Å². The molecule has 29 heavy (non-hydrogen) atoms. The molecule has 1 aromatic heterocycles. The molecule has 2 saturated carbocycles. The highest BCUT2D eigenvalue weighted by molar-refractivity contribution is 5.84. The molecule has 3 unspecified atom stereocenters. The molecule has 0 spiro atoms. The zero-order valence-corrected chi connectivity index (χ0v) is 15.9. The highest BCUT2D eigenvalue weighted by atomic mass is 19.4. The van der Waals surface area contributed by atoms with Crippen molar-refractivity contribution >= 4 is 5.91 Å². The van der Waals surface area contributed by atoms with Crippen molar-refractivity contribution in [1.29, 1.82) is 5.26 Å². The monoisotopic (exact) mass is 405 g/mol. The van der Waals surface area contributed by atoms with E-state index in [0.29, 0.717) is 43.6 Å². The Labute approximate surface area is 166 Å². The Morgan fingerprint density at radius 3 is 2.79 bits per heavy atom. The van der Waals surface area contributed by atoms with Gasteiger partial charge in [-0.15, -0.1) is 0 Å². The first-order valence-electron chi connectivity index (χ1n) is 10.2. The summed E-state index contributed by atoms with van der Waals surface area (Å²) in [6.07, 6.45) is 2.14. The van der Waals surface area contributed by atoms with Gasteiger partial charge in [0.1, 0.15) is 24.0 Å². The van der Waals surface area contributed by atoms with E-state index in [4.69, 9.17) is 4.74 Å². The van der Waals surface area contributed by atoms with E-state index in [1.54, 1.807) is 6.20 Å². The molecular weight excluding hydrogens is 383 g/mol. The summed E-state index contributed by atoms with van der Waals surface area (Å²) < 4.78 is 46.0. The Hall–Kier alpha value is -2.30. The van der Waals surface area contributed by atoms with Crippen LogP contribution in [0.25, 0.3) is 0 Å². The van der Waals surface area contributed by atoms with Crippen LogP contribution in [0.5, 0.6) is 5.75 Å². The van der Waals surface area contributed by atoms with Gasteiger partial charge in [-0.2, -0.15) is 18.4 Å². The fraction of sp³-hybridized carbons (Fsp3) is 0.667.